The zero-order valence-corrected chi connectivity index (χ0v) is 11.7. The summed E-state index contributed by atoms with van der Waals surface area (Å²) in [6, 6.07) is 15.2. The van der Waals surface area contributed by atoms with Gasteiger partial charge in [0.15, 0.2) is 0 Å². The molecule has 0 saturated carbocycles. The highest BCUT2D eigenvalue weighted by Crippen LogP contribution is 2.34. The largest absolute Gasteiger partial charge is 0.356 e. The third kappa shape index (κ3) is 2.13. The molecule has 3 rings (SSSR count). The van der Waals surface area contributed by atoms with Crippen molar-refractivity contribution in [3.8, 4) is 0 Å². The number of rotatable bonds is 1. The van der Waals surface area contributed by atoms with E-state index in [0.717, 1.165) is 16.9 Å². The third-order valence-corrected chi connectivity index (χ3v) is 3.48. The minimum absolute atomic E-state index is 0.620. The molecule has 0 aliphatic carbocycles. The first kappa shape index (κ1) is 13.0. The lowest BCUT2D eigenvalue weighted by Gasteiger charge is -2.37. The second-order valence-corrected chi connectivity index (χ2v) is 4.89. The highest BCUT2D eigenvalue weighted by atomic mass is 35.5. The van der Waals surface area contributed by atoms with Crippen molar-refractivity contribution in [3.05, 3.63) is 59.1 Å². The molecule has 2 aromatic rings. The topological polar surface area (TPSA) is 47.9 Å². The molecule has 2 aromatic carbocycles. The Hall–Kier alpha value is -2.04. The first-order valence-electron chi connectivity index (χ1n) is 6.26. The molecule has 1 unspecified atom stereocenters. The molecule has 0 spiro atoms. The van der Waals surface area contributed by atoms with Crippen LogP contribution in [0.4, 0.5) is 11.4 Å². The van der Waals surface area contributed by atoms with Crippen molar-refractivity contribution in [1.29, 1.82) is 0 Å². The van der Waals surface area contributed by atoms with Crippen LogP contribution in [0.25, 0.3) is 0 Å². The zero-order valence-electron chi connectivity index (χ0n) is 10.9. The van der Waals surface area contributed by atoms with E-state index in [1.165, 1.54) is 0 Å². The molecule has 1 heterocycles. The minimum Gasteiger partial charge on any atom is -0.356 e. The summed E-state index contributed by atoms with van der Waals surface area (Å²) in [5, 5.41) is 14.0. The molecular weight excluding hydrogens is 274 g/mol. The summed E-state index contributed by atoms with van der Waals surface area (Å²) in [6.07, 6.45) is -0.887. The monoisotopic (exact) mass is 287 g/mol. The van der Waals surface area contributed by atoms with Gasteiger partial charge in [-0.2, -0.15) is 0 Å². The SMILES string of the molecule is CN=C1NC(O)N(c2ccccc2)c2cc(Cl)ccc21. The molecule has 5 heteroatoms. The van der Waals surface area contributed by atoms with Crippen LogP contribution >= 0.6 is 11.6 Å². The standard InChI is InChI=1S/C15H14ClN3O/c1-17-14-12-8-7-10(16)9-13(12)19(15(20)18-14)11-5-3-2-4-6-11/h2-9,15,20H,1H3,(H,17,18). The lowest BCUT2D eigenvalue weighted by Crippen LogP contribution is -2.50. The van der Waals surface area contributed by atoms with E-state index >= 15 is 0 Å². The first-order valence-corrected chi connectivity index (χ1v) is 6.64. The minimum atomic E-state index is -0.887. The van der Waals surface area contributed by atoms with Crippen LogP contribution in [0.3, 0.4) is 0 Å². The van der Waals surface area contributed by atoms with Crippen molar-refractivity contribution < 1.29 is 5.11 Å². The summed E-state index contributed by atoms with van der Waals surface area (Å²) in [5.41, 5.74) is 2.62. The second kappa shape index (κ2) is 5.15. The van der Waals surface area contributed by atoms with Gasteiger partial charge in [-0.3, -0.25) is 9.89 Å². The molecule has 102 valence electrons. The Bertz CT molecular complexity index is 657. The average molecular weight is 288 g/mol. The summed E-state index contributed by atoms with van der Waals surface area (Å²) in [7, 11) is 1.69. The molecule has 0 amide bonds. The van der Waals surface area contributed by atoms with Crippen LogP contribution in [-0.4, -0.2) is 24.3 Å². The number of aliphatic hydroxyl groups excluding tert-OH is 1. The van der Waals surface area contributed by atoms with Crippen LogP contribution in [0, 0.1) is 0 Å². The summed E-state index contributed by atoms with van der Waals surface area (Å²) < 4.78 is 0. The average Bonchev–Trinajstić information content (AvgIpc) is 2.47. The fourth-order valence-electron chi connectivity index (χ4n) is 2.35. The van der Waals surface area contributed by atoms with Gasteiger partial charge in [-0.05, 0) is 30.3 Å². The van der Waals surface area contributed by atoms with E-state index in [0.29, 0.717) is 10.9 Å². The Morgan fingerprint density at radius 3 is 2.65 bits per heavy atom. The Kier molecular flexibility index (Phi) is 3.34. The number of aliphatic imine (C=N–C) groups is 1. The maximum absolute atomic E-state index is 10.4. The molecule has 0 fully saturated rings. The smallest absolute Gasteiger partial charge is 0.210 e. The molecule has 0 bridgehead atoms. The van der Waals surface area contributed by atoms with Crippen molar-refractivity contribution in [2.24, 2.45) is 4.99 Å². The number of para-hydroxylation sites is 1. The van der Waals surface area contributed by atoms with Gasteiger partial charge in [-0.15, -0.1) is 0 Å². The predicted molar refractivity (Wildman–Crippen MR) is 81.6 cm³/mol. The van der Waals surface area contributed by atoms with Crippen LogP contribution in [0.5, 0.6) is 0 Å². The fraction of sp³-hybridized carbons (Fsp3) is 0.133. The van der Waals surface area contributed by atoms with Gasteiger partial charge in [-0.1, -0.05) is 29.8 Å². The number of benzene rings is 2. The van der Waals surface area contributed by atoms with Gasteiger partial charge in [0.05, 0.1) is 5.69 Å². The lowest BCUT2D eigenvalue weighted by atomic mass is 10.1. The van der Waals surface area contributed by atoms with E-state index in [2.05, 4.69) is 10.3 Å². The molecule has 0 aromatic heterocycles. The van der Waals surface area contributed by atoms with E-state index < -0.39 is 6.35 Å². The molecule has 0 saturated heterocycles. The highest BCUT2D eigenvalue weighted by molar-refractivity contribution is 6.31. The second-order valence-electron chi connectivity index (χ2n) is 4.46. The van der Waals surface area contributed by atoms with Crippen LogP contribution in [0.1, 0.15) is 5.56 Å². The molecule has 20 heavy (non-hydrogen) atoms. The van der Waals surface area contributed by atoms with E-state index in [-0.39, 0.29) is 0 Å². The van der Waals surface area contributed by atoms with Crippen molar-refractivity contribution in [1.82, 2.24) is 5.32 Å². The van der Waals surface area contributed by atoms with E-state index in [1.54, 1.807) is 11.9 Å². The van der Waals surface area contributed by atoms with Gasteiger partial charge < -0.3 is 10.4 Å². The predicted octanol–water partition coefficient (Wildman–Crippen LogP) is 2.73. The van der Waals surface area contributed by atoms with Crippen LogP contribution in [0.15, 0.2) is 53.5 Å². The number of nitrogens with zero attached hydrogens (tertiary/aromatic N) is 2. The summed E-state index contributed by atoms with van der Waals surface area (Å²) >= 11 is 6.10. The fourth-order valence-corrected chi connectivity index (χ4v) is 2.52. The normalized spacial score (nSPS) is 19.6. The number of aliphatic hydroxyl groups is 1. The lowest BCUT2D eigenvalue weighted by molar-refractivity contribution is 0.164. The summed E-state index contributed by atoms with van der Waals surface area (Å²) in [4.78, 5) is 5.96. The third-order valence-electron chi connectivity index (χ3n) is 3.24. The van der Waals surface area contributed by atoms with Gasteiger partial charge >= 0.3 is 0 Å². The Morgan fingerprint density at radius 1 is 1.20 bits per heavy atom. The molecule has 2 N–H and O–H groups in total. The number of amidine groups is 1. The maximum Gasteiger partial charge on any atom is 0.210 e. The van der Waals surface area contributed by atoms with E-state index in [4.69, 9.17) is 11.6 Å². The van der Waals surface area contributed by atoms with E-state index in [1.807, 2.05) is 48.5 Å². The zero-order chi connectivity index (χ0) is 14.1. The Labute approximate surface area is 122 Å². The molecule has 1 aliphatic rings. The number of fused-ring (bicyclic) bond motifs is 1. The molecule has 0 radical (unpaired) electrons. The number of anilines is 2. The van der Waals surface area contributed by atoms with Crippen LogP contribution in [-0.2, 0) is 0 Å². The van der Waals surface area contributed by atoms with Crippen molar-refractivity contribution in [3.63, 3.8) is 0 Å². The Morgan fingerprint density at radius 2 is 1.95 bits per heavy atom. The van der Waals surface area contributed by atoms with Gasteiger partial charge in [0.1, 0.15) is 5.84 Å². The number of nitrogens with one attached hydrogen (secondary N) is 1. The number of hydrogen-bond acceptors (Lipinski definition) is 3. The maximum atomic E-state index is 10.4. The highest BCUT2D eigenvalue weighted by Gasteiger charge is 2.29. The Balaban J connectivity index is 2.19. The molecular formula is C15H14ClN3O. The summed E-state index contributed by atoms with van der Waals surface area (Å²) in [5.74, 6) is 0.649. The van der Waals surface area contributed by atoms with Gasteiger partial charge in [-0.25, -0.2) is 0 Å². The van der Waals surface area contributed by atoms with Crippen molar-refractivity contribution in [2.75, 3.05) is 11.9 Å². The number of halogens is 1. The molecule has 1 atom stereocenters. The van der Waals surface area contributed by atoms with Crippen molar-refractivity contribution in [2.45, 2.75) is 6.35 Å². The van der Waals surface area contributed by atoms with Crippen LogP contribution < -0.4 is 10.2 Å². The van der Waals surface area contributed by atoms with Gasteiger partial charge in [0.25, 0.3) is 0 Å². The first-order chi connectivity index (χ1) is 9.70. The molecule has 1 aliphatic heterocycles. The molecule has 4 nitrogen and oxygen atoms in total. The summed E-state index contributed by atoms with van der Waals surface area (Å²) in [6.45, 7) is 0. The van der Waals surface area contributed by atoms with E-state index in [9.17, 15) is 5.11 Å². The quantitative estimate of drug-likeness (QED) is 0.848. The number of hydrogen-bond donors (Lipinski definition) is 2. The van der Waals surface area contributed by atoms with Gasteiger partial charge in [0, 0.05) is 23.3 Å². The van der Waals surface area contributed by atoms with Gasteiger partial charge in [0.2, 0.25) is 6.35 Å². The van der Waals surface area contributed by atoms with Crippen LogP contribution in [0.2, 0.25) is 5.02 Å². The van der Waals surface area contributed by atoms with Crippen molar-refractivity contribution >= 4 is 28.8 Å².